The standard InChI is InChI=1S/C16H15N5O2/c22-15-14(20-16(21-15)19-11-3-6-23-9-11)8-10-1-2-12-13(7-10)18-5-4-17-12/h1-2,4-5,7-8,11H,3,6,9H2,(H2,19,20,21,22)/b14-8-/t11-/m1/s1. The molecule has 0 aliphatic carbocycles. The van der Waals surface area contributed by atoms with E-state index in [-0.39, 0.29) is 11.9 Å². The second kappa shape index (κ2) is 5.77. The van der Waals surface area contributed by atoms with Gasteiger partial charge in [0.15, 0.2) is 0 Å². The Morgan fingerprint density at radius 3 is 2.91 bits per heavy atom. The summed E-state index contributed by atoms with van der Waals surface area (Å²) >= 11 is 0. The lowest BCUT2D eigenvalue weighted by Gasteiger charge is -2.02. The van der Waals surface area contributed by atoms with Crippen molar-refractivity contribution in [2.45, 2.75) is 12.5 Å². The maximum Gasteiger partial charge on any atom is 0.274 e. The number of aromatic nitrogens is 2. The van der Waals surface area contributed by atoms with Gasteiger partial charge in [0.05, 0.1) is 23.7 Å². The average molecular weight is 309 g/mol. The van der Waals surface area contributed by atoms with E-state index in [0.29, 0.717) is 18.3 Å². The highest BCUT2D eigenvalue weighted by Gasteiger charge is 2.24. The molecule has 4 rings (SSSR count). The number of nitrogens with one attached hydrogen (secondary N) is 2. The minimum absolute atomic E-state index is 0.105. The molecule has 1 aromatic carbocycles. The number of benzene rings is 1. The Labute approximate surface area is 132 Å². The molecule has 1 atom stereocenters. The van der Waals surface area contributed by atoms with Gasteiger partial charge in [-0.25, -0.2) is 4.99 Å². The molecule has 2 fully saturated rings. The number of guanidine groups is 1. The quantitative estimate of drug-likeness (QED) is 0.802. The Morgan fingerprint density at radius 1 is 1.22 bits per heavy atom. The maximum absolute atomic E-state index is 12.0. The van der Waals surface area contributed by atoms with Crippen LogP contribution in [-0.4, -0.2) is 41.1 Å². The maximum atomic E-state index is 12.0. The zero-order valence-electron chi connectivity index (χ0n) is 12.3. The van der Waals surface area contributed by atoms with Crippen LogP contribution in [0.4, 0.5) is 0 Å². The third kappa shape index (κ3) is 2.91. The van der Waals surface area contributed by atoms with Gasteiger partial charge in [-0.2, -0.15) is 0 Å². The summed E-state index contributed by atoms with van der Waals surface area (Å²) in [6, 6.07) is 5.78. The lowest BCUT2D eigenvalue weighted by Crippen LogP contribution is -2.27. The van der Waals surface area contributed by atoms with E-state index in [1.165, 1.54) is 0 Å². The van der Waals surface area contributed by atoms with Crippen LogP contribution in [0, 0.1) is 0 Å². The van der Waals surface area contributed by atoms with Crippen molar-refractivity contribution in [3.63, 3.8) is 0 Å². The number of ether oxygens (including phenoxy) is 1. The molecule has 7 nitrogen and oxygen atoms in total. The number of amides is 1. The summed E-state index contributed by atoms with van der Waals surface area (Å²) in [5, 5.41) is 5.76. The first-order valence-electron chi connectivity index (χ1n) is 7.44. The van der Waals surface area contributed by atoms with E-state index in [1.807, 2.05) is 18.2 Å². The number of aliphatic imine (C=N–C) groups is 1. The molecular weight excluding hydrogens is 294 g/mol. The van der Waals surface area contributed by atoms with Crippen molar-refractivity contribution in [2.24, 2.45) is 4.99 Å². The number of fused-ring (bicyclic) bond motifs is 1. The third-order valence-corrected chi connectivity index (χ3v) is 3.75. The highest BCUT2D eigenvalue weighted by atomic mass is 16.5. The number of hydrogen-bond acceptors (Lipinski definition) is 5. The molecule has 2 N–H and O–H groups in total. The van der Waals surface area contributed by atoms with Crippen LogP contribution < -0.4 is 10.6 Å². The van der Waals surface area contributed by atoms with Crippen molar-refractivity contribution in [1.82, 2.24) is 20.6 Å². The molecule has 0 saturated carbocycles. The van der Waals surface area contributed by atoms with Gasteiger partial charge in [-0.3, -0.25) is 20.1 Å². The number of nitrogens with zero attached hydrogens (tertiary/aromatic N) is 3. The lowest BCUT2D eigenvalue weighted by atomic mass is 10.1. The van der Waals surface area contributed by atoms with Crippen LogP contribution in [0.1, 0.15) is 12.0 Å². The molecule has 2 aromatic rings. The summed E-state index contributed by atoms with van der Waals surface area (Å²) in [7, 11) is 0. The van der Waals surface area contributed by atoms with E-state index in [0.717, 1.165) is 29.6 Å². The summed E-state index contributed by atoms with van der Waals surface area (Å²) in [4.78, 5) is 25.0. The zero-order chi connectivity index (χ0) is 15.6. The van der Waals surface area contributed by atoms with Crippen LogP contribution in [0.3, 0.4) is 0 Å². The van der Waals surface area contributed by atoms with E-state index in [2.05, 4.69) is 25.6 Å². The van der Waals surface area contributed by atoms with Crippen molar-refractivity contribution >= 4 is 29.0 Å². The van der Waals surface area contributed by atoms with Crippen LogP contribution in [0.2, 0.25) is 0 Å². The molecular formula is C16H15N5O2. The number of hydrogen-bond donors (Lipinski definition) is 2. The Balaban J connectivity index is 1.58. The minimum Gasteiger partial charge on any atom is -0.379 e. The van der Waals surface area contributed by atoms with Gasteiger partial charge in [-0.1, -0.05) is 6.07 Å². The van der Waals surface area contributed by atoms with Gasteiger partial charge in [-0.05, 0) is 30.2 Å². The van der Waals surface area contributed by atoms with Crippen molar-refractivity contribution in [3.8, 4) is 0 Å². The van der Waals surface area contributed by atoms with Crippen LogP contribution >= 0.6 is 0 Å². The molecule has 0 radical (unpaired) electrons. The number of carbonyl (C=O) groups is 1. The van der Waals surface area contributed by atoms with Gasteiger partial charge < -0.3 is 10.1 Å². The Morgan fingerprint density at radius 2 is 2.09 bits per heavy atom. The molecule has 1 aromatic heterocycles. The first-order valence-corrected chi connectivity index (χ1v) is 7.44. The second-order valence-electron chi connectivity index (χ2n) is 5.44. The van der Waals surface area contributed by atoms with Gasteiger partial charge in [0.2, 0.25) is 5.96 Å². The molecule has 2 saturated heterocycles. The smallest absolute Gasteiger partial charge is 0.274 e. The fourth-order valence-electron chi connectivity index (χ4n) is 2.60. The Kier molecular flexibility index (Phi) is 3.47. The second-order valence-corrected chi connectivity index (χ2v) is 5.44. The molecule has 7 heteroatoms. The first kappa shape index (κ1) is 13.8. The molecule has 23 heavy (non-hydrogen) atoms. The largest absolute Gasteiger partial charge is 0.379 e. The van der Waals surface area contributed by atoms with Gasteiger partial charge >= 0.3 is 0 Å². The predicted molar refractivity (Wildman–Crippen MR) is 85.5 cm³/mol. The molecule has 2 aliphatic heterocycles. The van der Waals surface area contributed by atoms with Crippen LogP contribution in [0.25, 0.3) is 17.1 Å². The number of rotatable bonds is 2. The van der Waals surface area contributed by atoms with Crippen LogP contribution in [0.5, 0.6) is 0 Å². The molecule has 0 spiro atoms. The van der Waals surface area contributed by atoms with Crippen LogP contribution in [0.15, 0.2) is 41.3 Å². The molecule has 0 bridgehead atoms. The van der Waals surface area contributed by atoms with E-state index >= 15 is 0 Å². The molecule has 3 heterocycles. The fourth-order valence-corrected chi connectivity index (χ4v) is 2.60. The van der Waals surface area contributed by atoms with Gasteiger partial charge in [0.1, 0.15) is 5.70 Å². The summed E-state index contributed by atoms with van der Waals surface area (Å²) < 4.78 is 5.28. The summed E-state index contributed by atoms with van der Waals surface area (Å²) in [6.07, 6.45) is 5.96. The zero-order valence-corrected chi connectivity index (χ0v) is 12.3. The van der Waals surface area contributed by atoms with E-state index < -0.39 is 0 Å². The molecule has 1 amide bonds. The summed E-state index contributed by atoms with van der Waals surface area (Å²) in [5.74, 6) is 0.291. The SMILES string of the molecule is O=C1NC(=N[C@@H]2CCOC2)N/C1=C\c1ccc2nccnc2c1. The van der Waals surface area contributed by atoms with Crippen molar-refractivity contribution in [1.29, 1.82) is 0 Å². The Bertz CT molecular complexity index is 824. The number of carbonyl (C=O) groups excluding carboxylic acids is 1. The fraction of sp³-hybridized carbons (Fsp3) is 0.250. The van der Waals surface area contributed by atoms with Gasteiger partial charge in [0.25, 0.3) is 5.91 Å². The van der Waals surface area contributed by atoms with E-state index in [4.69, 9.17) is 4.74 Å². The van der Waals surface area contributed by atoms with Crippen molar-refractivity contribution in [2.75, 3.05) is 13.2 Å². The summed E-state index contributed by atoms with van der Waals surface area (Å²) in [5.41, 5.74) is 2.95. The topological polar surface area (TPSA) is 88.5 Å². The third-order valence-electron chi connectivity index (χ3n) is 3.75. The van der Waals surface area contributed by atoms with Gasteiger partial charge in [-0.15, -0.1) is 0 Å². The molecule has 0 unspecified atom stereocenters. The monoisotopic (exact) mass is 309 g/mol. The van der Waals surface area contributed by atoms with Crippen LogP contribution in [-0.2, 0) is 9.53 Å². The lowest BCUT2D eigenvalue weighted by molar-refractivity contribution is -0.115. The van der Waals surface area contributed by atoms with Crippen molar-refractivity contribution < 1.29 is 9.53 Å². The first-order chi connectivity index (χ1) is 11.3. The molecule has 2 aliphatic rings. The van der Waals surface area contributed by atoms with Crippen molar-refractivity contribution in [3.05, 3.63) is 41.9 Å². The highest BCUT2D eigenvalue weighted by molar-refractivity contribution is 6.15. The average Bonchev–Trinajstić information content (AvgIpc) is 3.18. The summed E-state index contributed by atoms with van der Waals surface area (Å²) in [6.45, 7) is 1.32. The highest BCUT2D eigenvalue weighted by Crippen LogP contribution is 2.15. The Hall–Kier alpha value is -2.80. The van der Waals surface area contributed by atoms with E-state index in [1.54, 1.807) is 18.5 Å². The predicted octanol–water partition coefficient (Wildman–Crippen LogP) is 0.835. The van der Waals surface area contributed by atoms with Gasteiger partial charge in [0, 0.05) is 19.0 Å². The minimum atomic E-state index is -0.193. The van der Waals surface area contributed by atoms with E-state index in [9.17, 15) is 4.79 Å². The molecule has 116 valence electrons. The normalized spacial score (nSPS) is 24.3.